The van der Waals surface area contributed by atoms with Crippen LogP contribution in [0.2, 0.25) is 0 Å². The summed E-state index contributed by atoms with van der Waals surface area (Å²) in [5.74, 6) is 6.38. The first kappa shape index (κ1) is 26.4. The summed E-state index contributed by atoms with van der Waals surface area (Å²) in [7, 11) is 0. The van der Waals surface area contributed by atoms with E-state index in [0.29, 0.717) is 11.8 Å². The van der Waals surface area contributed by atoms with Gasteiger partial charge in [0.1, 0.15) is 5.82 Å². The molecule has 4 aromatic rings. The van der Waals surface area contributed by atoms with Crippen LogP contribution in [0.5, 0.6) is 0 Å². The maximum Gasteiger partial charge on any atom is 0.134 e. The van der Waals surface area contributed by atoms with Gasteiger partial charge in [0.05, 0.1) is 0 Å². The summed E-state index contributed by atoms with van der Waals surface area (Å²) in [5.41, 5.74) is 6.63. The Bertz CT molecular complexity index is 1380. The minimum atomic E-state index is -0.110. The molecular formula is C36H37F. The molecule has 188 valence electrons. The highest BCUT2D eigenvalue weighted by Gasteiger charge is 2.08. The predicted molar refractivity (Wildman–Crippen MR) is 157 cm³/mol. The van der Waals surface area contributed by atoms with Crippen LogP contribution >= 0.6 is 0 Å². The SMILES string of the molecule is C/C=C/CCc1ccc(C#Cc2ccc3c(F)c(CCc4ccc(CCCCC)cc4)ccc3c2)cc1. The van der Waals surface area contributed by atoms with Crippen LogP contribution in [-0.2, 0) is 25.7 Å². The number of fused-ring (bicyclic) bond motifs is 1. The average Bonchev–Trinajstić information content (AvgIpc) is 2.93. The van der Waals surface area contributed by atoms with E-state index in [9.17, 15) is 0 Å². The van der Waals surface area contributed by atoms with Gasteiger partial charge in [-0.1, -0.05) is 98.4 Å². The van der Waals surface area contributed by atoms with Crippen LogP contribution in [0.4, 0.5) is 4.39 Å². The molecule has 0 N–H and O–H groups in total. The first-order chi connectivity index (χ1) is 18.2. The van der Waals surface area contributed by atoms with E-state index in [0.717, 1.165) is 47.8 Å². The smallest absolute Gasteiger partial charge is 0.134 e. The minimum Gasteiger partial charge on any atom is -0.206 e. The van der Waals surface area contributed by atoms with Gasteiger partial charge in [-0.25, -0.2) is 4.39 Å². The molecule has 0 nitrogen and oxygen atoms in total. The lowest BCUT2D eigenvalue weighted by Gasteiger charge is -2.08. The van der Waals surface area contributed by atoms with Crippen LogP contribution in [0.1, 0.15) is 72.9 Å². The molecule has 0 unspecified atom stereocenters. The van der Waals surface area contributed by atoms with E-state index in [2.05, 4.69) is 86.4 Å². The zero-order valence-corrected chi connectivity index (χ0v) is 22.2. The normalized spacial score (nSPS) is 11.1. The number of hydrogen-bond acceptors (Lipinski definition) is 0. The summed E-state index contributed by atoms with van der Waals surface area (Å²) < 4.78 is 15.3. The van der Waals surface area contributed by atoms with Crippen LogP contribution in [0.3, 0.4) is 0 Å². The maximum atomic E-state index is 15.3. The molecule has 0 fully saturated rings. The van der Waals surface area contributed by atoms with E-state index < -0.39 is 0 Å². The number of unbranched alkanes of at least 4 members (excludes halogenated alkanes) is 2. The highest BCUT2D eigenvalue weighted by atomic mass is 19.1. The summed E-state index contributed by atoms with van der Waals surface area (Å²) in [6.45, 7) is 4.28. The lowest BCUT2D eigenvalue weighted by Crippen LogP contribution is -1.96. The van der Waals surface area contributed by atoms with Crippen molar-refractivity contribution in [3.8, 4) is 11.8 Å². The third-order valence-corrected chi connectivity index (χ3v) is 6.95. The molecule has 0 spiro atoms. The molecule has 0 aliphatic rings. The predicted octanol–water partition coefficient (Wildman–Crippen LogP) is 9.41. The second-order valence-corrected chi connectivity index (χ2v) is 9.80. The van der Waals surface area contributed by atoms with Crippen LogP contribution in [0, 0.1) is 17.7 Å². The zero-order chi connectivity index (χ0) is 25.9. The molecule has 4 rings (SSSR count). The van der Waals surface area contributed by atoms with Crippen molar-refractivity contribution in [2.45, 2.75) is 65.2 Å². The molecule has 0 atom stereocenters. The highest BCUT2D eigenvalue weighted by Crippen LogP contribution is 2.24. The summed E-state index contributed by atoms with van der Waals surface area (Å²) >= 11 is 0. The Labute approximate surface area is 222 Å². The molecule has 0 aliphatic carbocycles. The average molecular weight is 489 g/mol. The van der Waals surface area contributed by atoms with Gasteiger partial charge < -0.3 is 0 Å². The molecule has 0 aliphatic heterocycles. The number of benzene rings is 4. The molecule has 0 saturated carbocycles. The van der Waals surface area contributed by atoms with Crippen LogP contribution in [0.15, 0.2) is 91.0 Å². The van der Waals surface area contributed by atoms with Gasteiger partial charge >= 0.3 is 0 Å². The molecule has 1 heteroatoms. The Kier molecular flexibility index (Phi) is 9.73. The van der Waals surface area contributed by atoms with Gasteiger partial charge in [0.25, 0.3) is 0 Å². The molecular weight excluding hydrogens is 451 g/mol. The fourth-order valence-electron chi connectivity index (χ4n) is 4.65. The summed E-state index contributed by atoms with van der Waals surface area (Å²) in [4.78, 5) is 0. The molecule has 0 saturated heterocycles. The van der Waals surface area contributed by atoms with Gasteiger partial charge in [0.15, 0.2) is 0 Å². The minimum absolute atomic E-state index is 0.110. The van der Waals surface area contributed by atoms with Gasteiger partial charge in [-0.05, 0) is 97.4 Å². The van der Waals surface area contributed by atoms with Gasteiger partial charge in [-0.3, -0.25) is 0 Å². The van der Waals surface area contributed by atoms with E-state index in [1.807, 2.05) is 30.3 Å². The van der Waals surface area contributed by atoms with Crippen LogP contribution in [-0.4, -0.2) is 0 Å². The fourth-order valence-corrected chi connectivity index (χ4v) is 4.65. The van der Waals surface area contributed by atoms with Crippen LogP contribution < -0.4 is 0 Å². The van der Waals surface area contributed by atoms with Crippen molar-refractivity contribution in [3.05, 3.63) is 130 Å². The first-order valence-electron chi connectivity index (χ1n) is 13.7. The number of halogens is 1. The Morgan fingerprint density at radius 1 is 0.676 bits per heavy atom. The molecule has 0 bridgehead atoms. The Balaban J connectivity index is 1.39. The van der Waals surface area contributed by atoms with E-state index in [1.54, 1.807) is 0 Å². The third kappa shape index (κ3) is 7.68. The van der Waals surface area contributed by atoms with E-state index in [-0.39, 0.29) is 5.82 Å². The van der Waals surface area contributed by atoms with Gasteiger partial charge in [-0.15, -0.1) is 0 Å². The Hall–Kier alpha value is -3.63. The van der Waals surface area contributed by atoms with Crippen molar-refractivity contribution < 1.29 is 4.39 Å². The quantitative estimate of drug-likeness (QED) is 0.118. The monoisotopic (exact) mass is 488 g/mol. The van der Waals surface area contributed by atoms with E-state index in [4.69, 9.17) is 0 Å². The molecule has 0 radical (unpaired) electrons. The summed E-state index contributed by atoms with van der Waals surface area (Å²) in [6.07, 6.45) is 12.8. The second kappa shape index (κ2) is 13.6. The molecule has 37 heavy (non-hydrogen) atoms. The van der Waals surface area contributed by atoms with Crippen LogP contribution in [0.25, 0.3) is 10.8 Å². The van der Waals surface area contributed by atoms with Crippen molar-refractivity contribution in [2.75, 3.05) is 0 Å². The summed E-state index contributed by atoms with van der Waals surface area (Å²) in [6, 6.07) is 27.0. The first-order valence-corrected chi connectivity index (χ1v) is 13.7. The molecule has 0 heterocycles. The van der Waals surface area contributed by atoms with E-state index >= 15 is 4.39 Å². The lowest BCUT2D eigenvalue weighted by atomic mass is 9.98. The number of rotatable bonds is 10. The number of hydrogen-bond donors (Lipinski definition) is 0. The Morgan fingerprint density at radius 3 is 2.05 bits per heavy atom. The van der Waals surface area contributed by atoms with E-state index in [1.165, 1.54) is 36.0 Å². The fraction of sp³-hybridized carbons (Fsp3) is 0.278. The Morgan fingerprint density at radius 2 is 1.32 bits per heavy atom. The van der Waals surface area contributed by atoms with Crippen molar-refractivity contribution >= 4 is 10.8 Å². The number of aryl methyl sites for hydroxylation is 4. The largest absolute Gasteiger partial charge is 0.206 e. The topological polar surface area (TPSA) is 0 Å². The van der Waals surface area contributed by atoms with Crippen molar-refractivity contribution in [1.82, 2.24) is 0 Å². The molecule has 4 aromatic carbocycles. The third-order valence-electron chi connectivity index (χ3n) is 6.95. The standard InChI is InChI=1S/C36H37F/c1-3-5-7-9-28-11-15-30(16-12-28)19-20-32-22-26-35-34(27-32)25-24-33(36(35)37)23-21-31-17-13-29(14-18-31)10-8-6-4-2/h3,5,11-18,22,24-27H,4,6-10,21,23H2,1-2H3/b5-3+. The maximum absolute atomic E-state index is 15.3. The lowest BCUT2D eigenvalue weighted by molar-refractivity contribution is 0.620. The second-order valence-electron chi connectivity index (χ2n) is 9.80. The van der Waals surface area contributed by atoms with Crippen molar-refractivity contribution in [2.24, 2.45) is 0 Å². The molecule has 0 aromatic heterocycles. The highest BCUT2D eigenvalue weighted by molar-refractivity contribution is 5.85. The van der Waals surface area contributed by atoms with Gasteiger partial charge in [-0.2, -0.15) is 0 Å². The zero-order valence-electron chi connectivity index (χ0n) is 22.2. The van der Waals surface area contributed by atoms with Crippen molar-refractivity contribution in [3.63, 3.8) is 0 Å². The van der Waals surface area contributed by atoms with Crippen molar-refractivity contribution in [1.29, 1.82) is 0 Å². The number of allylic oxidation sites excluding steroid dienone is 2. The summed E-state index contributed by atoms with van der Waals surface area (Å²) in [5, 5.41) is 1.56. The van der Waals surface area contributed by atoms with Gasteiger partial charge in [0.2, 0.25) is 0 Å². The van der Waals surface area contributed by atoms with Gasteiger partial charge in [0, 0.05) is 16.5 Å². The molecule has 0 amide bonds.